The maximum absolute atomic E-state index is 15.0. The minimum atomic E-state index is -1.96. The number of carboxylic acids is 1. The molecule has 109 heavy (non-hydrogen) atoms. The number of phenolic OH excluding ortho intramolecular Hbond substituents is 1. The number of rotatable bonds is 38. The van der Waals surface area contributed by atoms with E-state index in [4.69, 9.17) is 32.4 Å². The van der Waals surface area contributed by atoms with Crippen LogP contribution in [0.2, 0.25) is 0 Å². The Morgan fingerprint density at radius 2 is 0.963 bits per heavy atom. The number of aliphatic hydroxyl groups excluding tert-OH is 2. The van der Waals surface area contributed by atoms with Crippen molar-refractivity contribution in [3.05, 3.63) is 114 Å². The number of nitrogens with two attached hydrogens (primary N) is 4. The van der Waals surface area contributed by atoms with E-state index < -0.39 is 175 Å². The molecular weight excluding hydrogens is 1420 g/mol. The number of ether oxygens (including phenoxy) is 2. The van der Waals surface area contributed by atoms with Gasteiger partial charge in [0.2, 0.25) is 70.9 Å². The van der Waals surface area contributed by atoms with Crippen LogP contribution in [0.25, 0.3) is 11.1 Å². The predicted molar refractivity (Wildman–Crippen MR) is 394 cm³/mol. The number of aliphatic hydroxyl groups is 2. The molecule has 0 aromatic heterocycles. The summed E-state index contributed by atoms with van der Waals surface area (Å²) in [6.07, 6.45) is 0.246. The number of methoxy groups -OCH3 is 2. The van der Waals surface area contributed by atoms with E-state index in [1.54, 1.807) is 98.8 Å². The first-order valence-electron chi connectivity index (χ1n) is 36.0. The maximum atomic E-state index is 15.0. The Balaban J connectivity index is 1.04. The number of carbonyl (C=O) groups excluding carboxylic acids is 12. The highest BCUT2D eigenvalue weighted by Crippen LogP contribution is 2.38. The predicted octanol–water partition coefficient (Wildman–Crippen LogP) is -3.04. The van der Waals surface area contributed by atoms with E-state index in [-0.39, 0.29) is 89.3 Å². The molecule has 0 spiro atoms. The lowest BCUT2D eigenvalue weighted by Crippen LogP contribution is -2.62. The molecule has 0 saturated carbocycles. The summed E-state index contributed by atoms with van der Waals surface area (Å²) in [4.78, 5) is 189. The summed E-state index contributed by atoms with van der Waals surface area (Å²) in [5.41, 5.74) is 25.8. The van der Waals surface area contributed by atoms with Crippen LogP contribution < -0.4 is 74.9 Å². The number of hydrogen-bond acceptors (Lipinski definition) is 20. The van der Waals surface area contributed by atoms with Gasteiger partial charge in [0.25, 0.3) is 0 Å². The summed E-state index contributed by atoms with van der Waals surface area (Å²) in [5.74, 6) is -12.1. The molecule has 4 aromatic carbocycles. The zero-order valence-electron chi connectivity index (χ0n) is 61.5. The molecule has 4 aromatic rings. The molecule has 3 fully saturated rings. The normalized spacial score (nSPS) is 17.8. The van der Waals surface area contributed by atoms with Crippen LogP contribution >= 0.6 is 0 Å². The van der Waals surface area contributed by atoms with Crippen LogP contribution in [0, 0.1) is 5.92 Å². The smallest absolute Gasteiger partial charge is 0.305 e. The molecule has 3 saturated heterocycles. The topological polar surface area (TPSA) is 544 Å². The monoisotopic (exact) mass is 1520 g/mol. The van der Waals surface area contributed by atoms with Crippen LogP contribution in [0.3, 0.4) is 0 Å². The summed E-state index contributed by atoms with van der Waals surface area (Å²) in [5, 5.41) is 60.8. The molecule has 35 heteroatoms. The Morgan fingerprint density at radius 3 is 1.50 bits per heavy atom. The Morgan fingerprint density at radius 1 is 0.505 bits per heavy atom. The van der Waals surface area contributed by atoms with Gasteiger partial charge < -0.3 is 110 Å². The quantitative estimate of drug-likeness (QED) is 0.0120. The zero-order chi connectivity index (χ0) is 79.8. The van der Waals surface area contributed by atoms with Crippen LogP contribution in [0.1, 0.15) is 95.2 Å². The van der Waals surface area contributed by atoms with Crippen LogP contribution in [0.5, 0.6) is 17.2 Å². The van der Waals surface area contributed by atoms with Gasteiger partial charge in [-0.05, 0) is 117 Å². The summed E-state index contributed by atoms with van der Waals surface area (Å²) in [6.45, 7) is 2.62. The number of nitrogens with one attached hydrogen (secondary N) is 8. The number of primary amides is 1. The van der Waals surface area contributed by atoms with Gasteiger partial charge in [-0.1, -0.05) is 86.6 Å². The third kappa shape index (κ3) is 23.5. The fourth-order valence-corrected chi connectivity index (χ4v) is 13.3. The molecule has 7 rings (SSSR count). The first-order valence-corrected chi connectivity index (χ1v) is 36.0. The van der Waals surface area contributed by atoms with Crippen LogP contribution in [-0.4, -0.2) is 244 Å². The third-order valence-corrected chi connectivity index (χ3v) is 19.1. The summed E-state index contributed by atoms with van der Waals surface area (Å²) >= 11 is 0. The van der Waals surface area contributed by atoms with Gasteiger partial charge in [0.05, 0.1) is 45.5 Å². The largest absolute Gasteiger partial charge is 0.508 e. The average molecular weight is 1520 g/mol. The SMILES string of the molecule is COc1cccc(OC)c1-c1ccc(C[C@H](NC(=O)[C@H](C)NC(=O)[C@H](CO)NC(=O)[C@@H](N)Cc2ccc(O)cc2)C(=O)N2CCC[C@H]2C(=O)N[C@@H](CC(=O)O)C(=O)N[C@@H](CO)C(=O)N[C@H](C(=O)N2CCC[C@H]2C(=O)N[C@@H](Cc2ccccc2)C(=O)N[C@@H](CCCN=C(N)N)C(=O)N2CCC[C@H]2C(N)=O)C(C)C)cc1. The third-order valence-electron chi connectivity index (χ3n) is 19.1. The molecule has 0 radical (unpaired) electrons. The van der Waals surface area contributed by atoms with Crippen molar-refractivity contribution < 1.29 is 92.2 Å². The van der Waals surface area contributed by atoms with Crippen molar-refractivity contribution in [2.24, 2.45) is 33.8 Å². The van der Waals surface area contributed by atoms with Gasteiger partial charge in [-0.3, -0.25) is 67.3 Å². The fraction of sp³-hybridized carbons (Fsp3) is 0.486. The van der Waals surface area contributed by atoms with Crippen molar-refractivity contribution in [1.29, 1.82) is 0 Å². The van der Waals surface area contributed by atoms with Gasteiger partial charge in [-0.2, -0.15) is 0 Å². The molecule has 0 aliphatic carbocycles. The number of aliphatic imine (C=N–C) groups is 1. The standard InChI is InChI=1S/C74H100N16O19/c1-40(2)61(73(107)90-33-13-19-56(90)70(104)82-49(35-42-14-7-6-8-15-42)65(99)81-48(16-10-30-79-74(77)78)71(105)88-31-11-17-54(88)62(76)96)87-68(102)53(39-92)86-66(100)50(37-59(94)95)83-69(103)55-18-12-32-89(55)72(106)51(36-44-22-26-45(27-23-44)60-57(108-4)20-9-21-58(60)109-5)84-63(97)41(3)80-67(101)52(38-91)85-64(98)47(75)34-43-24-28-46(93)29-25-43/h6-9,14-15,20-29,40-41,47-56,61,91-93H,10-13,16-19,30-39,75H2,1-5H3,(H2,76,96)(H,80,101)(H,81,99)(H,82,104)(H,83,103)(H,84,97)(H,85,98)(H,86,100)(H,87,102)(H,94,95)(H4,77,78,79)/t41-,47-,48-,49-,50-,51-,52-,53-,54-,55-,56-,61-/m0/s1. The first kappa shape index (κ1) is 84.8. The van der Waals surface area contributed by atoms with Gasteiger partial charge in [-0.25, -0.2) is 0 Å². The second-order valence-corrected chi connectivity index (χ2v) is 27.3. The number of guanidine groups is 1. The molecule has 20 N–H and O–H groups in total. The molecule has 590 valence electrons. The number of benzene rings is 4. The molecule has 3 heterocycles. The van der Waals surface area contributed by atoms with Crippen molar-refractivity contribution in [2.45, 2.75) is 170 Å². The average Bonchev–Trinajstić information content (AvgIpc) is 1.81. The number of carboxylic acid groups (broad SMARTS) is 1. The van der Waals surface area contributed by atoms with Crippen molar-refractivity contribution in [3.8, 4) is 28.4 Å². The van der Waals surface area contributed by atoms with E-state index in [9.17, 15) is 78.0 Å². The Kier molecular flexibility index (Phi) is 31.5. The second-order valence-electron chi connectivity index (χ2n) is 27.3. The minimum Gasteiger partial charge on any atom is -0.508 e. The van der Waals surface area contributed by atoms with E-state index in [0.29, 0.717) is 58.6 Å². The molecular formula is C74H100N16O19. The van der Waals surface area contributed by atoms with E-state index in [1.807, 2.05) is 0 Å². The van der Waals surface area contributed by atoms with E-state index >= 15 is 4.79 Å². The summed E-state index contributed by atoms with van der Waals surface area (Å²) in [7, 11) is 2.98. The molecule has 12 amide bonds. The highest BCUT2D eigenvalue weighted by Gasteiger charge is 2.44. The number of amides is 12. The van der Waals surface area contributed by atoms with Gasteiger partial charge in [0, 0.05) is 39.0 Å². The highest BCUT2D eigenvalue weighted by molar-refractivity contribution is 6.01. The van der Waals surface area contributed by atoms with Gasteiger partial charge in [-0.15, -0.1) is 0 Å². The lowest BCUT2D eigenvalue weighted by Gasteiger charge is -2.32. The number of nitrogens with zero attached hydrogens (tertiary/aromatic N) is 4. The fourth-order valence-electron chi connectivity index (χ4n) is 13.3. The van der Waals surface area contributed by atoms with E-state index in [0.717, 1.165) is 4.90 Å². The summed E-state index contributed by atoms with van der Waals surface area (Å²) < 4.78 is 11.2. The molecule has 3 aliphatic rings. The second kappa shape index (κ2) is 40.5. The van der Waals surface area contributed by atoms with Crippen molar-refractivity contribution in [2.75, 3.05) is 53.6 Å². The highest BCUT2D eigenvalue weighted by atomic mass is 16.5. The molecule has 0 unspecified atom stereocenters. The Bertz CT molecular complexity index is 3900. The van der Waals surface area contributed by atoms with Crippen LogP contribution in [0.15, 0.2) is 102 Å². The Labute approximate surface area is 629 Å². The number of likely N-dealkylation sites (tertiary alicyclic amines) is 3. The number of aliphatic carboxylic acids is 1. The number of carbonyl (C=O) groups is 13. The lowest BCUT2D eigenvalue weighted by molar-refractivity contribution is -0.145. The van der Waals surface area contributed by atoms with Gasteiger partial charge >= 0.3 is 5.97 Å². The van der Waals surface area contributed by atoms with Crippen LogP contribution in [0.4, 0.5) is 0 Å². The van der Waals surface area contributed by atoms with Gasteiger partial charge in [0.1, 0.15) is 83.7 Å². The van der Waals surface area contributed by atoms with E-state index in [1.165, 1.54) is 43.1 Å². The van der Waals surface area contributed by atoms with Crippen molar-refractivity contribution in [3.63, 3.8) is 0 Å². The summed E-state index contributed by atoms with van der Waals surface area (Å²) in [6, 6.07) is 9.48. The Hall–Kier alpha value is -11.5. The molecule has 12 atom stereocenters. The molecule has 3 aliphatic heterocycles. The minimum absolute atomic E-state index is 0.00212. The number of aromatic hydroxyl groups is 1. The van der Waals surface area contributed by atoms with Crippen molar-refractivity contribution >= 4 is 82.8 Å². The maximum Gasteiger partial charge on any atom is 0.305 e. The number of phenols is 1. The van der Waals surface area contributed by atoms with Crippen LogP contribution in [-0.2, 0) is 81.6 Å². The lowest BCUT2D eigenvalue weighted by atomic mass is 9.98. The van der Waals surface area contributed by atoms with E-state index in [2.05, 4.69) is 47.5 Å². The van der Waals surface area contributed by atoms with Gasteiger partial charge in [0.15, 0.2) is 5.96 Å². The first-order chi connectivity index (χ1) is 52.0. The molecule has 0 bridgehead atoms. The molecule has 35 nitrogen and oxygen atoms in total. The number of hydrogen-bond donors (Lipinski definition) is 16. The van der Waals surface area contributed by atoms with Crippen molar-refractivity contribution in [1.82, 2.24) is 57.2 Å². The zero-order valence-corrected chi connectivity index (χ0v) is 61.5.